The van der Waals surface area contributed by atoms with Crippen molar-refractivity contribution in [2.45, 2.75) is 19.6 Å². The van der Waals surface area contributed by atoms with Crippen molar-refractivity contribution in [1.82, 2.24) is 20.1 Å². The quantitative estimate of drug-likeness (QED) is 0.486. The normalized spacial score (nSPS) is 12.5. The number of rotatable bonds is 10. The van der Waals surface area contributed by atoms with E-state index in [1.54, 1.807) is 0 Å². The van der Waals surface area contributed by atoms with Crippen LogP contribution in [-0.2, 0) is 19.6 Å². The Balaban J connectivity index is 1.49. The average molecular weight is 472 g/mol. The number of amides is 1. The molecule has 34 heavy (non-hydrogen) atoms. The largest absolute Gasteiger partial charge is 0.454 e. The van der Waals surface area contributed by atoms with E-state index in [1.165, 1.54) is 18.4 Å². The van der Waals surface area contributed by atoms with E-state index in [0.29, 0.717) is 42.6 Å². The van der Waals surface area contributed by atoms with Gasteiger partial charge in [-0.15, -0.1) is 0 Å². The number of ether oxygens (including phenoxy) is 2. The summed E-state index contributed by atoms with van der Waals surface area (Å²) in [7, 11) is 3.83. The van der Waals surface area contributed by atoms with Gasteiger partial charge in [0.25, 0.3) is 5.91 Å². The summed E-state index contributed by atoms with van der Waals surface area (Å²) >= 11 is 0. The lowest BCUT2D eigenvalue weighted by Crippen LogP contribution is -2.31. The fourth-order valence-electron chi connectivity index (χ4n) is 3.52. The van der Waals surface area contributed by atoms with Crippen LogP contribution in [0.1, 0.15) is 27.5 Å². The monoisotopic (exact) mass is 472 g/mol. The third-order valence-corrected chi connectivity index (χ3v) is 5.24. The van der Waals surface area contributed by atoms with Gasteiger partial charge in [0, 0.05) is 37.8 Å². The van der Waals surface area contributed by atoms with Crippen LogP contribution in [0.5, 0.6) is 11.5 Å². The summed E-state index contributed by atoms with van der Waals surface area (Å²) in [6, 6.07) is 9.05. The molecule has 8 nitrogen and oxygen atoms in total. The number of oxazole rings is 1. The minimum Gasteiger partial charge on any atom is -0.454 e. The van der Waals surface area contributed by atoms with Gasteiger partial charge in [-0.05, 0) is 37.9 Å². The smallest absolute Gasteiger partial charge is 0.273 e. The number of hydrogen-bond acceptors (Lipinski definition) is 7. The highest BCUT2D eigenvalue weighted by molar-refractivity contribution is 5.91. The summed E-state index contributed by atoms with van der Waals surface area (Å²) in [6.07, 6.45) is 1.30. The predicted molar refractivity (Wildman–Crippen MR) is 119 cm³/mol. The van der Waals surface area contributed by atoms with Crippen LogP contribution in [0.25, 0.3) is 0 Å². The first-order valence-electron chi connectivity index (χ1n) is 10.8. The molecule has 2 aromatic carbocycles. The molecule has 0 fully saturated rings. The van der Waals surface area contributed by atoms with Crippen LogP contribution in [0.3, 0.4) is 0 Å². The van der Waals surface area contributed by atoms with E-state index in [2.05, 4.69) is 10.3 Å². The van der Waals surface area contributed by atoms with Crippen molar-refractivity contribution in [1.29, 1.82) is 0 Å². The molecule has 2 heterocycles. The number of nitrogens with one attached hydrogen (secondary N) is 1. The Morgan fingerprint density at radius 1 is 1.06 bits per heavy atom. The zero-order valence-corrected chi connectivity index (χ0v) is 19.0. The maximum absolute atomic E-state index is 14.4. The van der Waals surface area contributed by atoms with Gasteiger partial charge in [-0.25, -0.2) is 13.8 Å². The molecule has 0 spiro atoms. The van der Waals surface area contributed by atoms with Crippen LogP contribution in [0.15, 0.2) is 47.1 Å². The fourth-order valence-corrected chi connectivity index (χ4v) is 3.52. The van der Waals surface area contributed by atoms with E-state index < -0.39 is 11.6 Å². The molecule has 4 rings (SSSR count). The Labute approximate surface area is 196 Å². The van der Waals surface area contributed by atoms with E-state index in [0.717, 1.165) is 11.6 Å². The minimum atomic E-state index is -0.638. The Hall–Kier alpha value is -3.50. The number of aromatic nitrogens is 1. The van der Waals surface area contributed by atoms with Crippen LogP contribution in [0.2, 0.25) is 0 Å². The second kappa shape index (κ2) is 10.6. The highest BCUT2D eigenvalue weighted by Gasteiger charge is 2.19. The first-order chi connectivity index (χ1) is 16.4. The number of benzene rings is 2. The number of hydrogen-bond donors (Lipinski definition) is 1. The van der Waals surface area contributed by atoms with E-state index in [1.807, 2.05) is 42.1 Å². The molecule has 0 aliphatic carbocycles. The van der Waals surface area contributed by atoms with Gasteiger partial charge in [-0.2, -0.15) is 0 Å². The standard InChI is InChI=1S/C24H26F2N4O4/c1-29(2)8-7-27-24(31)20-14-32-23(28-20)13-30(12-17-4-5-18(25)10-19(17)26)11-16-3-6-21-22(9-16)34-15-33-21/h3-6,9-10,14H,7-8,11-13,15H2,1-2H3,(H,27,31). The number of carbonyl (C=O) groups excluding carboxylic acids is 1. The van der Waals surface area contributed by atoms with Gasteiger partial charge < -0.3 is 24.1 Å². The number of halogens is 2. The fraction of sp³-hybridized carbons (Fsp3) is 0.333. The lowest BCUT2D eigenvalue weighted by atomic mass is 10.1. The topological polar surface area (TPSA) is 80.1 Å². The summed E-state index contributed by atoms with van der Waals surface area (Å²) < 4.78 is 44.0. The SMILES string of the molecule is CN(C)CCNC(=O)c1coc(CN(Cc2ccc3c(c2)OCO3)Cc2ccc(F)cc2F)n1. The summed E-state index contributed by atoms with van der Waals surface area (Å²) in [5.41, 5.74) is 1.40. The molecule has 1 N–H and O–H groups in total. The molecule has 0 atom stereocenters. The summed E-state index contributed by atoms with van der Waals surface area (Å²) in [5.74, 6) is 0.00531. The molecular weight excluding hydrogens is 446 g/mol. The first-order valence-corrected chi connectivity index (χ1v) is 10.8. The Morgan fingerprint density at radius 2 is 1.88 bits per heavy atom. The van der Waals surface area contributed by atoms with E-state index >= 15 is 0 Å². The number of fused-ring (bicyclic) bond motifs is 1. The van der Waals surface area contributed by atoms with Gasteiger partial charge in [0.2, 0.25) is 12.7 Å². The molecule has 1 amide bonds. The summed E-state index contributed by atoms with van der Waals surface area (Å²) in [6.45, 7) is 2.12. The zero-order valence-electron chi connectivity index (χ0n) is 19.0. The van der Waals surface area contributed by atoms with Gasteiger partial charge >= 0.3 is 0 Å². The predicted octanol–water partition coefficient (Wildman–Crippen LogP) is 3.18. The minimum absolute atomic E-state index is 0.166. The van der Waals surface area contributed by atoms with Crippen LogP contribution in [0, 0.1) is 11.6 Å². The lowest BCUT2D eigenvalue weighted by Gasteiger charge is -2.21. The third kappa shape index (κ3) is 6.09. The van der Waals surface area contributed by atoms with Crippen LogP contribution in [0.4, 0.5) is 8.78 Å². The molecule has 0 unspecified atom stereocenters. The lowest BCUT2D eigenvalue weighted by molar-refractivity contribution is 0.0946. The number of likely N-dealkylation sites (N-methyl/N-ethyl adjacent to an activating group) is 1. The summed E-state index contributed by atoms with van der Waals surface area (Å²) in [4.78, 5) is 20.4. The van der Waals surface area contributed by atoms with Crippen molar-refractivity contribution in [2.24, 2.45) is 0 Å². The molecule has 3 aromatic rings. The second-order valence-corrected chi connectivity index (χ2v) is 8.25. The van der Waals surface area contributed by atoms with Gasteiger partial charge in [0.15, 0.2) is 17.2 Å². The highest BCUT2D eigenvalue weighted by atomic mass is 19.1. The Kier molecular flexibility index (Phi) is 7.39. The average Bonchev–Trinajstić information content (AvgIpc) is 3.44. The van der Waals surface area contributed by atoms with Crippen molar-refractivity contribution < 1.29 is 27.5 Å². The van der Waals surface area contributed by atoms with Crippen LogP contribution >= 0.6 is 0 Å². The molecule has 0 bridgehead atoms. The molecule has 0 radical (unpaired) electrons. The van der Waals surface area contributed by atoms with Crippen LogP contribution in [-0.4, -0.2) is 54.7 Å². The maximum Gasteiger partial charge on any atom is 0.273 e. The molecule has 10 heteroatoms. The molecule has 1 aliphatic heterocycles. The molecule has 0 saturated carbocycles. The van der Waals surface area contributed by atoms with E-state index in [-0.39, 0.29) is 31.5 Å². The van der Waals surface area contributed by atoms with E-state index in [9.17, 15) is 13.6 Å². The van der Waals surface area contributed by atoms with Crippen molar-refractivity contribution in [2.75, 3.05) is 34.0 Å². The van der Waals surface area contributed by atoms with Gasteiger partial charge in [-0.3, -0.25) is 9.69 Å². The van der Waals surface area contributed by atoms with Crippen molar-refractivity contribution >= 4 is 5.91 Å². The van der Waals surface area contributed by atoms with Crippen LogP contribution < -0.4 is 14.8 Å². The van der Waals surface area contributed by atoms with Crippen molar-refractivity contribution in [3.63, 3.8) is 0 Å². The van der Waals surface area contributed by atoms with E-state index in [4.69, 9.17) is 13.9 Å². The molecular formula is C24H26F2N4O4. The van der Waals surface area contributed by atoms with Crippen molar-refractivity contribution in [3.8, 4) is 11.5 Å². The molecule has 1 aromatic heterocycles. The number of carbonyl (C=O) groups is 1. The third-order valence-electron chi connectivity index (χ3n) is 5.24. The molecule has 180 valence electrons. The zero-order chi connectivity index (χ0) is 24.1. The molecule has 1 aliphatic rings. The highest BCUT2D eigenvalue weighted by Crippen LogP contribution is 2.33. The first kappa shape index (κ1) is 23.7. The Morgan fingerprint density at radius 3 is 2.68 bits per heavy atom. The molecule has 0 saturated heterocycles. The Bertz CT molecular complexity index is 1150. The van der Waals surface area contributed by atoms with Gasteiger partial charge in [-0.1, -0.05) is 12.1 Å². The van der Waals surface area contributed by atoms with Gasteiger partial charge in [0.05, 0.1) is 6.54 Å². The summed E-state index contributed by atoms with van der Waals surface area (Å²) in [5, 5.41) is 2.79. The van der Waals surface area contributed by atoms with Crippen molar-refractivity contribution in [3.05, 3.63) is 77.0 Å². The second-order valence-electron chi connectivity index (χ2n) is 8.25. The maximum atomic E-state index is 14.4. The number of nitrogens with zero attached hydrogens (tertiary/aromatic N) is 3. The van der Waals surface area contributed by atoms with Gasteiger partial charge in [0.1, 0.15) is 17.9 Å².